The highest BCUT2D eigenvalue weighted by molar-refractivity contribution is 7.18. The average Bonchev–Trinajstić information content (AvgIpc) is 3.43. The van der Waals surface area contributed by atoms with Crippen molar-refractivity contribution in [3.05, 3.63) is 94.3 Å². The van der Waals surface area contributed by atoms with Crippen LogP contribution in [-0.2, 0) is 6.54 Å². The van der Waals surface area contributed by atoms with Gasteiger partial charge in [0.1, 0.15) is 28.1 Å². The van der Waals surface area contributed by atoms with Crippen LogP contribution in [0.15, 0.2) is 65.3 Å². The van der Waals surface area contributed by atoms with E-state index < -0.39 is 23.0 Å². The number of hydrogen-bond acceptors (Lipinski definition) is 7. The summed E-state index contributed by atoms with van der Waals surface area (Å²) in [5, 5.41) is 3.25. The van der Waals surface area contributed by atoms with Gasteiger partial charge in [-0.3, -0.25) is 9.59 Å². The second-order valence-corrected chi connectivity index (χ2v) is 8.10. The Morgan fingerprint density at radius 1 is 1.09 bits per heavy atom. The fraction of sp³-hybridized carbons (Fsp3) is 0.0870. The van der Waals surface area contributed by atoms with Crippen molar-refractivity contribution in [2.75, 3.05) is 18.1 Å². The van der Waals surface area contributed by atoms with Crippen molar-refractivity contribution in [1.29, 1.82) is 0 Å². The van der Waals surface area contributed by atoms with Crippen molar-refractivity contribution in [3.63, 3.8) is 0 Å². The lowest BCUT2D eigenvalue weighted by molar-refractivity contribution is 0.0775. The topological polar surface area (TPSA) is 101 Å². The summed E-state index contributed by atoms with van der Waals surface area (Å²) in [6.07, 6.45) is 1.55. The molecule has 2 aromatic carbocycles. The maximum atomic E-state index is 14.0. The number of furan rings is 1. The minimum Gasteiger partial charge on any atom is -0.467 e. The standard InChI is InChI=1S/C23H18F2N4O3S/c1-29(12-15-4-3-11-32-15)22(31)13-7-9-14(10-8-13)27-23-28-21(26)20(33-23)19(30)18-16(24)5-2-6-17(18)25/h2-11H,12,26H2,1H3,(H,27,28). The zero-order valence-electron chi connectivity index (χ0n) is 17.3. The molecule has 7 nitrogen and oxygen atoms in total. The second kappa shape index (κ2) is 9.21. The van der Waals surface area contributed by atoms with Gasteiger partial charge in [-0.2, -0.15) is 0 Å². The number of amides is 1. The van der Waals surface area contributed by atoms with Crippen molar-refractivity contribution < 1.29 is 22.8 Å². The molecule has 2 heterocycles. The zero-order chi connectivity index (χ0) is 23.5. The van der Waals surface area contributed by atoms with Crippen LogP contribution in [0.3, 0.4) is 0 Å². The van der Waals surface area contributed by atoms with E-state index in [4.69, 9.17) is 10.2 Å². The Morgan fingerprint density at radius 3 is 2.42 bits per heavy atom. The lowest BCUT2D eigenvalue weighted by atomic mass is 10.1. The maximum Gasteiger partial charge on any atom is 0.254 e. The molecule has 0 spiro atoms. The van der Waals surface area contributed by atoms with Gasteiger partial charge in [-0.1, -0.05) is 17.4 Å². The molecule has 4 rings (SSSR count). The Hall–Kier alpha value is -4.05. The molecule has 0 fully saturated rings. The quantitative estimate of drug-likeness (QED) is 0.376. The number of nitrogens with zero attached hydrogens (tertiary/aromatic N) is 2. The van der Waals surface area contributed by atoms with Gasteiger partial charge >= 0.3 is 0 Å². The number of carbonyl (C=O) groups is 2. The van der Waals surface area contributed by atoms with Gasteiger partial charge in [0.25, 0.3) is 5.91 Å². The number of halogens is 2. The van der Waals surface area contributed by atoms with Gasteiger partial charge in [-0.05, 0) is 48.5 Å². The molecular formula is C23H18F2N4O3S. The summed E-state index contributed by atoms with van der Waals surface area (Å²) in [7, 11) is 1.67. The van der Waals surface area contributed by atoms with Crippen molar-refractivity contribution in [2.45, 2.75) is 6.54 Å². The number of nitrogens with two attached hydrogens (primary N) is 1. The molecule has 0 aliphatic heterocycles. The molecule has 10 heteroatoms. The van der Waals surface area contributed by atoms with Crippen LogP contribution in [0.4, 0.5) is 25.4 Å². The summed E-state index contributed by atoms with van der Waals surface area (Å²) in [6.45, 7) is 0.337. The summed E-state index contributed by atoms with van der Waals surface area (Å²) in [5.74, 6) is -2.47. The number of aromatic nitrogens is 1. The van der Waals surface area contributed by atoms with Crippen LogP contribution in [0.2, 0.25) is 0 Å². The summed E-state index contributed by atoms with van der Waals surface area (Å²) >= 11 is 0.876. The van der Waals surface area contributed by atoms with Crippen LogP contribution in [-0.4, -0.2) is 28.6 Å². The largest absolute Gasteiger partial charge is 0.467 e. The van der Waals surface area contributed by atoms with Crippen molar-refractivity contribution >= 4 is 39.7 Å². The van der Waals surface area contributed by atoms with Gasteiger partial charge in [0.2, 0.25) is 5.78 Å². The van der Waals surface area contributed by atoms with Crippen LogP contribution >= 0.6 is 11.3 Å². The first-order chi connectivity index (χ1) is 15.8. The molecular weight excluding hydrogens is 450 g/mol. The Balaban J connectivity index is 1.47. The highest BCUT2D eigenvalue weighted by Crippen LogP contribution is 2.31. The summed E-state index contributed by atoms with van der Waals surface area (Å²) in [5.41, 5.74) is 6.20. The summed E-state index contributed by atoms with van der Waals surface area (Å²) in [4.78, 5) is 30.7. The number of rotatable bonds is 7. The van der Waals surface area contributed by atoms with Crippen LogP contribution in [0.25, 0.3) is 0 Å². The molecule has 4 aromatic rings. The minimum absolute atomic E-state index is 0.0761. The second-order valence-electron chi connectivity index (χ2n) is 7.10. The monoisotopic (exact) mass is 468 g/mol. The van der Waals surface area contributed by atoms with Crippen molar-refractivity contribution in [2.24, 2.45) is 0 Å². The molecule has 0 aliphatic carbocycles. The Bertz CT molecular complexity index is 1280. The minimum atomic E-state index is -0.973. The number of thiazole rings is 1. The smallest absolute Gasteiger partial charge is 0.254 e. The van der Waals surface area contributed by atoms with Gasteiger partial charge < -0.3 is 20.4 Å². The summed E-state index contributed by atoms with van der Waals surface area (Å²) < 4.78 is 33.2. The van der Waals surface area contributed by atoms with Crippen molar-refractivity contribution in [1.82, 2.24) is 9.88 Å². The van der Waals surface area contributed by atoms with E-state index in [0.717, 1.165) is 23.5 Å². The average molecular weight is 468 g/mol. The van der Waals surface area contributed by atoms with Crippen LogP contribution in [0.5, 0.6) is 0 Å². The van der Waals surface area contributed by atoms with Crippen LogP contribution < -0.4 is 11.1 Å². The number of nitrogen functional groups attached to an aromatic ring is 1. The van der Waals surface area contributed by atoms with E-state index in [0.29, 0.717) is 23.6 Å². The Morgan fingerprint density at radius 2 is 1.79 bits per heavy atom. The number of nitrogens with one attached hydrogen (secondary N) is 1. The van der Waals surface area contributed by atoms with E-state index in [2.05, 4.69) is 10.3 Å². The molecule has 0 aliphatic rings. The number of ketones is 1. The molecule has 2 aromatic heterocycles. The van der Waals surface area contributed by atoms with Gasteiger partial charge in [0.15, 0.2) is 5.13 Å². The molecule has 0 radical (unpaired) electrons. The van der Waals surface area contributed by atoms with E-state index in [1.165, 1.54) is 11.0 Å². The van der Waals surface area contributed by atoms with Crippen molar-refractivity contribution in [3.8, 4) is 0 Å². The Labute approximate surface area is 191 Å². The van der Waals surface area contributed by atoms with Crippen LogP contribution in [0.1, 0.15) is 31.4 Å². The lowest BCUT2D eigenvalue weighted by Gasteiger charge is -2.16. The van der Waals surface area contributed by atoms with E-state index in [1.807, 2.05) is 0 Å². The van der Waals surface area contributed by atoms with E-state index >= 15 is 0 Å². The third-order valence-electron chi connectivity index (χ3n) is 4.75. The maximum absolute atomic E-state index is 14.0. The van der Waals surface area contributed by atoms with E-state index in [9.17, 15) is 18.4 Å². The number of anilines is 3. The fourth-order valence-corrected chi connectivity index (χ4v) is 3.98. The first-order valence-electron chi connectivity index (χ1n) is 9.73. The fourth-order valence-electron chi connectivity index (χ4n) is 3.12. The first-order valence-corrected chi connectivity index (χ1v) is 10.5. The molecule has 0 saturated carbocycles. The third-order valence-corrected chi connectivity index (χ3v) is 5.74. The highest BCUT2D eigenvalue weighted by atomic mass is 32.1. The third kappa shape index (κ3) is 4.75. The summed E-state index contributed by atoms with van der Waals surface area (Å²) in [6, 6.07) is 13.3. The lowest BCUT2D eigenvalue weighted by Crippen LogP contribution is -2.25. The predicted molar refractivity (Wildman–Crippen MR) is 121 cm³/mol. The number of hydrogen-bond donors (Lipinski definition) is 2. The molecule has 0 saturated heterocycles. The number of carbonyl (C=O) groups excluding carboxylic acids is 2. The molecule has 0 bridgehead atoms. The zero-order valence-corrected chi connectivity index (χ0v) is 18.2. The molecule has 3 N–H and O–H groups in total. The van der Waals surface area contributed by atoms with Gasteiger partial charge in [-0.25, -0.2) is 13.8 Å². The Kier molecular flexibility index (Phi) is 6.18. The van der Waals surface area contributed by atoms with Gasteiger partial charge in [-0.15, -0.1) is 0 Å². The first kappa shape index (κ1) is 22.2. The van der Waals surface area contributed by atoms with E-state index in [-0.39, 0.29) is 21.7 Å². The predicted octanol–water partition coefficient (Wildman–Crippen LogP) is 4.84. The molecule has 168 valence electrons. The highest BCUT2D eigenvalue weighted by Gasteiger charge is 2.24. The van der Waals surface area contributed by atoms with E-state index in [1.54, 1.807) is 49.7 Å². The van der Waals surface area contributed by atoms with Gasteiger partial charge in [0, 0.05) is 18.3 Å². The molecule has 33 heavy (non-hydrogen) atoms. The van der Waals surface area contributed by atoms with Gasteiger partial charge in [0.05, 0.1) is 18.4 Å². The molecule has 0 unspecified atom stereocenters. The van der Waals surface area contributed by atoms with Crippen LogP contribution in [0, 0.1) is 11.6 Å². The normalized spacial score (nSPS) is 10.8. The molecule has 0 atom stereocenters. The number of benzene rings is 2. The SMILES string of the molecule is CN(Cc1ccco1)C(=O)c1ccc(Nc2nc(N)c(C(=O)c3c(F)cccc3F)s2)cc1. The molecule has 1 amide bonds.